The second-order valence-corrected chi connectivity index (χ2v) is 7.48. The van der Waals surface area contributed by atoms with Crippen molar-refractivity contribution in [3.8, 4) is 11.1 Å². The third-order valence-electron chi connectivity index (χ3n) is 3.01. The van der Waals surface area contributed by atoms with E-state index in [1.807, 2.05) is 5.43 Å². The fourth-order valence-corrected chi connectivity index (χ4v) is 3.23. The lowest BCUT2D eigenvalue weighted by Crippen LogP contribution is -2.44. The number of carbonyl (C=O) groups is 1. The molecule has 0 aliphatic carbocycles. The molecule has 0 fully saturated rings. The second kappa shape index (κ2) is 8.23. The predicted octanol–water partition coefficient (Wildman–Crippen LogP) is 2.07. The molecule has 7 nitrogen and oxygen atoms in total. The molecule has 0 radical (unpaired) electrons. The molecule has 0 saturated heterocycles. The van der Waals surface area contributed by atoms with Gasteiger partial charge in [-0.15, -0.1) is 4.83 Å². The Bertz CT molecular complexity index is 937. The number of carbonyl (C=O) groups excluding carboxylic acids is 1. The Morgan fingerprint density at radius 1 is 1.15 bits per heavy atom. The normalized spacial score (nSPS) is 11.4. The Labute approximate surface area is 157 Å². The second-order valence-electron chi connectivity index (χ2n) is 4.98. The van der Waals surface area contributed by atoms with Crippen molar-refractivity contribution >= 4 is 39.1 Å². The third kappa shape index (κ3) is 5.08. The largest absolute Gasteiger partial charge is 0.306 e. The maximum Gasteiger partial charge on any atom is 0.267 e. The zero-order valence-corrected chi connectivity index (χ0v) is 15.4. The first-order chi connectivity index (χ1) is 12.1. The number of aromatic nitrogens is 1. The van der Waals surface area contributed by atoms with E-state index in [9.17, 15) is 22.0 Å². The highest BCUT2D eigenvalue weighted by Gasteiger charge is 2.21. The van der Waals surface area contributed by atoms with E-state index in [-0.39, 0.29) is 21.4 Å². The minimum absolute atomic E-state index is 0.0655. The molecular weight excluding hydrogens is 413 g/mol. The number of hydrogen-bond donors (Lipinski definition) is 3. The van der Waals surface area contributed by atoms with Crippen molar-refractivity contribution < 1.29 is 22.0 Å². The van der Waals surface area contributed by atoms with Gasteiger partial charge in [-0.25, -0.2) is 22.2 Å². The average Bonchev–Trinajstić information content (AvgIpc) is 2.50. The molecule has 26 heavy (non-hydrogen) atoms. The summed E-state index contributed by atoms with van der Waals surface area (Å²) in [4.78, 5) is 17.8. The van der Waals surface area contributed by atoms with Gasteiger partial charge in [0.15, 0.2) is 0 Å². The lowest BCUT2D eigenvalue weighted by molar-refractivity contribution is 0.0945. The van der Waals surface area contributed by atoms with Crippen LogP contribution in [-0.2, 0) is 10.0 Å². The van der Waals surface area contributed by atoms with Crippen LogP contribution in [-0.4, -0.2) is 32.2 Å². The van der Waals surface area contributed by atoms with Gasteiger partial charge in [0, 0.05) is 11.6 Å². The molecule has 3 N–H and O–H groups in total. The van der Waals surface area contributed by atoms with Crippen molar-refractivity contribution in [3.05, 3.63) is 51.8 Å². The molecule has 0 aliphatic heterocycles. The molecule has 1 amide bonds. The molecule has 0 aliphatic rings. The van der Waals surface area contributed by atoms with Crippen molar-refractivity contribution in [3.63, 3.8) is 0 Å². The Hall–Kier alpha value is -1.85. The van der Waals surface area contributed by atoms with Crippen molar-refractivity contribution in [1.29, 1.82) is 0 Å². The van der Waals surface area contributed by atoms with Gasteiger partial charge in [-0.05, 0) is 30.8 Å². The summed E-state index contributed by atoms with van der Waals surface area (Å²) >= 11 is 11.6. The molecule has 2 aromatic rings. The monoisotopic (exact) mass is 424 g/mol. The number of amides is 1. The van der Waals surface area contributed by atoms with Crippen LogP contribution >= 0.6 is 23.2 Å². The number of hydrogen-bond acceptors (Lipinski definition) is 5. The molecule has 1 heterocycles. The van der Waals surface area contributed by atoms with E-state index in [1.54, 1.807) is 4.83 Å². The van der Waals surface area contributed by atoms with Crippen molar-refractivity contribution in [1.82, 2.24) is 20.6 Å². The predicted molar refractivity (Wildman–Crippen MR) is 93.1 cm³/mol. The molecule has 12 heteroatoms. The number of halogens is 4. The van der Waals surface area contributed by atoms with Gasteiger partial charge in [-0.3, -0.25) is 10.2 Å². The van der Waals surface area contributed by atoms with E-state index in [1.165, 1.54) is 19.2 Å². The Balaban J connectivity index is 2.46. The lowest BCUT2D eigenvalue weighted by atomic mass is 9.99. The summed E-state index contributed by atoms with van der Waals surface area (Å²) in [6.45, 7) is 0. The maximum atomic E-state index is 14.3. The molecule has 0 atom stereocenters. The summed E-state index contributed by atoms with van der Waals surface area (Å²) in [5.41, 5.74) is 1.17. The Morgan fingerprint density at radius 2 is 1.77 bits per heavy atom. The topological polar surface area (TPSA) is 100 Å². The van der Waals surface area contributed by atoms with Crippen molar-refractivity contribution in [2.24, 2.45) is 0 Å². The molecular formula is C14H12Cl2F2N4O3S. The average molecular weight is 425 g/mol. The van der Waals surface area contributed by atoms with Gasteiger partial charge < -0.3 is 5.32 Å². The lowest BCUT2D eigenvalue weighted by Gasteiger charge is -2.13. The highest BCUT2D eigenvalue weighted by atomic mass is 35.5. The summed E-state index contributed by atoms with van der Waals surface area (Å²) in [6.07, 6.45) is 0. The van der Waals surface area contributed by atoms with Gasteiger partial charge in [0.1, 0.15) is 27.8 Å². The van der Waals surface area contributed by atoms with E-state index < -0.39 is 39.0 Å². The number of pyridine rings is 1. The highest BCUT2D eigenvalue weighted by Crippen LogP contribution is 2.31. The Morgan fingerprint density at radius 3 is 2.35 bits per heavy atom. The van der Waals surface area contributed by atoms with Crippen LogP contribution < -0.4 is 15.6 Å². The third-order valence-corrected chi connectivity index (χ3v) is 4.47. The summed E-state index contributed by atoms with van der Waals surface area (Å²) in [7, 11) is -2.49. The molecule has 0 spiro atoms. The number of rotatable bonds is 6. The van der Waals surface area contributed by atoms with Crippen LogP contribution in [0.15, 0.2) is 24.3 Å². The van der Waals surface area contributed by atoms with E-state index in [2.05, 4.69) is 10.3 Å². The quantitative estimate of drug-likeness (QED) is 0.486. The summed E-state index contributed by atoms with van der Waals surface area (Å²) in [6, 6.07) is 3.78. The molecule has 0 unspecified atom stereocenters. The maximum absolute atomic E-state index is 14.3. The van der Waals surface area contributed by atoms with Gasteiger partial charge in [-0.2, -0.15) is 0 Å². The molecule has 0 saturated carbocycles. The van der Waals surface area contributed by atoms with Crippen LogP contribution in [0.1, 0.15) is 10.4 Å². The van der Waals surface area contributed by atoms with Gasteiger partial charge >= 0.3 is 0 Å². The van der Waals surface area contributed by atoms with E-state index in [4.69, 9.17) is 23.2 Å². The zero-order chi connectivity index (χ0) is 19.5. The van der Waals surface area contributed by atoms with E-state index >= 15 is 0 Å². The standard InChI is InChI=1S/C14H12Cl2F2N4O3S/c1-19-6-26(24,25)22-21-14(23)9-4-8(17)5-10(18)13(9)7-2-11(15)20-12(16)3-7/h2-5,19,22H,6H2,1H3,(H,21,23). The smallest absolute Gasteiger partial charge is 0.267 e. The van der Waals surface area contributed by atoms with Crippen LogP contribution in [0, 0.1) is 11.6 Å². The number of benzene rings is 1. The number of nitrogens with one attached hydrogen (secondary N) is 3. The zero-order valence-electron chi connectivity index (χ0n) is 13.1. The summed E-state index contributed by atoms with van der Waals surface area (Å²) < 4.78 is 51.1. The summed E-state index contributed by atoms with van der Waals surface area (Å²) in [5, 5.41) is 2.24. The van der Waals surface area contributed by atoms with Crippen molar-refractivity contribution in [2.75, 3.05) is 12.9 Å². The van der Waals surface area contributed by atoms with Crippen LogP contribution in [0.25, 0.3) is 11.1 Å². The van der Waals surface area contributed by atoms with Crippen LogP contribution in [0.5, 0.6) is 0 Å². The SMILES string of the molecule is CNCS(=O)(=O)NNC(=O)c1cc(F)cc(F)c1-c1cc(Cl)nc(Cl)c1. The van der Waals surface area contributed by atoms with E-state index in [0.717, 1.165) is 6.07 Å². The van der Waals surface area contributed by atoms with Crippen molar-refractivity contribution in [2.45, 2.75) is 0 Å². The molecule has 2 rings (SSSR count). The van der Waals surface area contributed by atoms with Gasteiger partial charge in [0.25, 0.3) is 5.91 Å². The first-order valence-corrected chi connectivity index (χ1v) is 9.30. The fourth-order valence-electron chi connectivity index (χ4n) is 2.07. The fraction of sp³-hybridized carbons (Fsp3) is 0.143. The van der Waals surface area contributed by atoms with Crippen LogP contribution in [0.2, 0.25) is 10.3 Å². The molecule has 0 bridgehead atoms. The highest BCUT2D eigenvalue weighted by molar-refractivity contribution is 7.89. The first-order valence-electron chi connectivity index (χ1n) is 6.90. The number of hydrazine groups is 1. The van der Waals surface area contributed by atoms with E-state index in [0.29, 0.717) is 6.07 Å². The minimum atomic E-state index is -3.88. The summed E-state index contributed by atoms with van der Waals surface area (Å²) in [5.74, 6) is -3.65. The van der Waals surface area contributed by atoms with Crippen LogP contribution in [0.3, 0.4) is 0 Å². The van der Waals surface area contributed by atoms with Crippen LogP contribution in [0.4, 0.5) is 8.78 Å². The molecule has 1 aromatic carbocycles. The van der Waals surface area contributed by atoms with Gasteiger partial charge in [0.2, 0.25) is 10.0 Å². The number of sulfonamides is 1. The first kappa shape index (κ1) is 20.5. The number of nitrogens with zero attached hydrogens (tertiary/aromatic N) is 1. The van der Waals surface area contributed by atoms with Gasteiger partial charge in [0.05, 0.1) is 5.56 Å². The minimum Gasteiger partial charge on any atom is -0.306 e. The Kier molecular flexibility index (Phi) is 6.48. The molecule has 1 aromatic heterocycles. The molecule has 140 valence electrons. The van der Waals surface area contributed by atoms with Gasteiger partial charge in [-0.1, -0.05) is 23.2 Å².